The zero-order valence-electron chi connectivity index (χ0n) is 11.7. The zero-order chi connectivity index (χ0) is 11.9. The highest BCUT2D eigenvalue weighted by Crippen LogP contribution is 2.56. The Bertz CT molecular complexity index is 279. The molecular weight excluding hydrogens is 260 g/mol. The zero-order valence-corrected chi connectivity index (χ0v) is 12.5. The molecule has 0 spiro atoms. The van der Waals surface area contributed by atoms with Crippen molar-refractivity contribution >= 4 is 12.4 Å². The molecule has 0 atom stereocenters. The van der Waals surface area contributed by atoms with Crippen molar-refractivity contribution in [1.82, 2.24) is 10.4 Å². The van der Waals surface area contributed by atoms with E-state index in [-0.39, 0.29) is 12.4 Å². The number of hydrogen-bond donors (Lipinski definition) is 1. The average molecular weight is 287 g/mol. The summed E-state index contributed by atoms with van der Waals surface area (Å²) in [4.78, 5) is 0. The first-order chi connectivity index (χ1) is 8.88. The van der Waals surface area contributed by atoms with Gasteiger partial charge in [-0.3, -0.25) is 5.43 Å². The predicted octanol–water partition coefficient (Wildman–Crippen LogP) is 2.32. The first kappa shape index (κ1) is 14.1. The van der Waals surface area contributed by atoms with Crippen LogP contribution in [0.5, 0.6) is 0 Å². The molecule has 1 saturated heterocycles. The van der Waals surface area contributed by atoms with Crippen LogP contribution < -0.4 is 5.43 Å². The van der Waals surface area contributed by atoms with Gasteiger partial charge in [0.05, 0.1) is 13.2 Å². The second-order valence-corrected chi connectivity index (χ2v) is 7.06. The predicted molar refractivity (Wildman–Crippen MR) is 78.2 cm³/mol. The minimum atomic E-state index is 0. The van der Waals surface area contributed by atoms with Gasteiger partial charge in [0.25, 0.3) is 0 Å². The smallest absolute Gasteiger partial charge is 0.0608 e. The fourth-order valence-corrected chi connectivity index (χ4v) is 5.33. The molecule has 0 aromatic carbocycles. The molecule has 4 saturated carbocycles. The quantitative estimate of drug-likeness (QED) is 0.862. The Morgan fingerprint density at radius 2 is 1.47 bits per heavy atom. The Labute approximate surface area is 122 Å². The third-order valence-electron chi connectivity index (χ3n) is 5.98. The summed E-state index contributed by atoms with van der Waals surface area (Å²) in [6, 6.07) is 0. The van der Waals surface area contributed by atoms with E-state index in [4.69, 9.17) is 4.74 Å². The van der Waals surface area contributed by atoms with Gasteiger partial charge in [-0.25, -0.2) is 5.01 Å². The summed E-state index contributed by atoms with van der Waals surface area (Å²) in [5.41, 5.74) is 3.70. The van der Waals surface area contributed by atoms with Crippen LogP contribution in [0.1, 0.15) is 32.1 Å². The summed E-state index contributed by atoms with van der Waals surface area (Å²) in [7, 11) is 0. The van der Waals surface area contributed by atoms with Crippen LogP contribution >= 0.6 is 12.4 Å². The van der Waals surface area contributed by atoms with Crippen LogP contribution in [0, 0.1) is 29.6 Å². The molecule has 0 amide bonds. The Kier molecular flexibility index (Phi) is 4.37. The Morgan fingerprint density at radius 1 is 0.895 bits per heavy atom. The lowest BCUT2D eigenvalue weighted by molar-refractivity contribution is -0.0509. The van der Waals surface area contributed by atoms with E-state index in [9.17, 15) is 0 Å². The summed E-state index contributed by atoms with van der Waals surface area (Å²) in [6.07, 6.45) is 7.74. The molecule has 4 aliphatic carbocycles. The van der Waals surface area contributed by atoms with Gasteiger partial charge in [0, 0.05) is 19.6 Å². The standard InChI is InChI=1S/C15H26N2O.ClH/c1-3-18-4-2-17(1)16-10-15-13-6-11-5-12(8-13)9-14(15)7-11;/h11-16H,1-10H2;1H. The molecule has 0 radical (unpaired) electrons. The Morgan fingerprint density at radius 3 is 2.05 bits per heavy atom. The van der Waals surface area contributed by atoms with Crippen LogP contribution in [0.25, 0.3) is 0 Å². The summed E-state index contributed by atoms with van der Waals surface area (Å²) in [5.74, 6) is 5.28. The molecule has 3 nitrogen and oxygen atoms in total. The first-order valence-electron chi connectivity index (χ1n) is 7.94. The minimum Gasteiger partial charge on any atom is -0.379 e. The van der Waals surface area contributed by atoms with Gasteiger partial charge >= 0.3 is 0 Å². The maximum absolute atomic E-state index is 5.40. The van der Waals surface area contributed by atoms with Crippen molar-refractivity contribution < 1.29 is 4.74 Å². The SMILES string of the molecule is C1CN(NCC2C3CC4CC(C3)CC2C4)CCO1.Cl. The van der Waals surface area contributed by atoms with Crippen LogP contribution in [0.3, 0.4) is 0 Å². The minimum absolute atomic E-state index is 0. The summed E-state index contributed by atoms with van der Waals surface area (Å²) < 4.78 is 5.40. The molecule has 5 aliphatic rings. The van der Waals surface area contributed by atoms with E-state index in [2.05, 4.69) is 10.4 Å². The average Bonchev–Trinajstić information content (AvgIpc) is 2.38. The molecule has 4 bridgehead atoms. The van der Waals surface area contributed by atoms with Gasteiger partial charge in [0.15, 0.2) is 0 Å². The molecular formula is C15H27ClN2O. The van der Waals surface area contributed by atoms with Crippen LogP contribution in [-0.2, 0) is 4.74 Å². The van der Waals surface area contributed by atoms with Crippen molar-refractivity contribution in [2.24, 2.45) is 29.6 Å². The van der Waals surface area contributed by atoms with Crippen molar-refractivity contribution in [3.63, 3.8) is 0 Å². The number of hydrazine groups is 1. The third-order valence-corrected chi connectivity index (χ3v) is 5.98. The van der Waals surface area contributed by atoms with Gasteiger partial charge in [-0.05, 0) is 61.7 Å². The highest BCUT2D eigenvalue weighted by atomic mass is 35.5. The number of halogens is 1. The van der Waals surface area contributed by atoms with Crippen molar-refractivity contribution in [1.29, 1.82) is 0 Å². The molecule has 5 rings (SSSR count). The van der Waals surface area contributed by atoms with Gasteiger partial charge in [0.1, 0.15) is 0 Å². The molecule has 0 aromatic heterocycles. The van der Waals surface area contributed by atoms with E-state index >= 15 is 0 Å². The summed E-state index contributed by atoms with van der Waals surface area (Å²) in [6.45, 7) is 5.15. The van der Waals surface area contributed by atoms with E-state index in [1.165, 1.54) is 6.54 Å². The van der Waals surface area contributed by atoms with Crippen molar-refractivity contribution in [2.45, 2.75) is 32.1 Å². The molecule has 4 heteroatoms. The van der Waals surface area contributed by atoms with E-state index in [0.29, 0.717) is 0 Å². The number of ether oxygens (including phenoxy) is 1. The highest BCUT2D eigenvalue weighted by Gasteiger charge is 2.47. The number of rotatable bonds is 3. The molecule has 19 heavy (non-hydrogen) atoms. The molecule has 1 aliphatic heterocycles. The fourth-order valence-electron chi connectivity index (χ4n) is 5.33. The van der Waals surface area contributed by atoms with E-state index in [1.807, 2.05) is 0 Å². The highest BCUT2D eigenvalue weighted by molar-refractivity contribution is 5.85. The lowest BCUT2D eigenvalue weighted by atomic mass is 9.52. The number of nitrogens with zero attached hydrogens (tertiary/aromatic N) is 1. The monoisotopic (exact) mass is 286 g/mol. The van der Waals surface area contributed by atoms with Gasteiger partial charge in [0.2, 0.25) is 0 Å². The topological polar surface area (TPSA) is 24.5 Å². The Balaban J connectivity index is 0.00000110. The van der Waals surface area contributed by atoms with Crippen molar-refractivity contribution in [3.8, 4) is 0 Å². The second-order valence-electron chi connectivity index (χ2n) is 7.06. The number of nitrogens with one attached hydrogen (secondary N) is 1. The van der Waals surface area contributed by atoms with Crippen molar-refractivity contribution in [3.05, 3.63) is 0 Å². The van der Waals surface area contributed by atoms with E-state index in [1.54, 1.807) is 32.1 Å². The van der Waals surface area contributed by atoms with E-state index in [0.717, 1.165) is 55.9 Å². The fraction of sp³-hybridized carbons (Fsp3) is 1.00. The lowest BCUT2D eigenvalue weighted by Gasteiger charge is -2.54. The summed E-state index contributed by atoms with van der Waals surface area (Å²) >= 11 is 0. The number of morpholine rings is 1. The van der Waals surface area contributed by atoms with Crippen LogP contribution in [0.4, 0.5) is 0 Å². The second kappa shape index (κ2) is 5.88. The molecule has 0 aromatic rings. The molecule has 1 N–H and O–H groups in total. The van der Waals surface area contributed by atoms with Crippen LogP contribution in [-0.4, -0.2) is 37.9 Å². The van der Waals surface area contributed by atoms with Crippen molar-refractivity contribution in [2.75, 3.05) is 32.8 Å². The number of hydrogen-bond acceptors (Lipinski definition) is 3. The lowest BCUT2D eigenvalue weighted by Crippen LogP contribution is -2.53. The van der Waals surface area contributed by atoms with Crippen LogP contribution in [0.2, 0.25) is 0 Å². The third kappa shape index (κ3) is 2.80. The maximum atomic E-state index is 5.40. The molecule has 1 heterocycles. The van der Waals surface area contributed by atoms with Gasteiger partial charge in [-0.1, -0.05) is 0 Å². The largest absolute Gasteiger partial charge is 0.379 e. The maximum Gasteiger partial charge on any atom is 0.0608 e. The Hall–Kier alpha value is 0.170. The molecule has 110 valence electrons. The summed E-state index contributed by atoms with van der Waals surface area (Å²) in [5, 5.41) is 2.38. The van der Waals surface area contributed by atoms with Gasteiger partial charge < -0.3 is 4.74 Å². The van der Waals surface area contributed by atoms with Crippen LogP contribution in [0.15, 0.2) is 0 Å². The first-order valence-corrected chi connectivity index (χ1v) is 7.94. The molecule has 5 fully saturated rings. The van der Waals surface area contributed by atoms with Gasteiger partial charge in [-0.2, -0.15) is 0 Å². The molecule has 0 unspecified atom stereocenters. The normalized spacial score (nSPS) is 45.2. The van der Waals surface area contributed by atoms with E-state index < -0.39 is 0 Å². The van der Waals surface area contributed by atoms with Gasteiger partial charge in [-0.15, -0.1) is 12.4 Å².